The van der Waals surface area contributed by atoms with E-state index in [-0.39, 0.29) is 5.82 Å². The van der Waals surface area contributed by atoms with Crippen LogP contribution in [0.5, 0.6) is 0 Å². The fourth-order valence-corrected chi connectivity index (χ4v) is 2.58. The maximum Gasteiger partial charge on any atom is 0.222 e. The zero-order chi connectivity index (χ0) is 14.8. The summed E-state index contributed by atoms with van der Waals surface area (Å²) < 4.78 is 13.8. The second kappa shape index (κ2) is 5.69. The molecule has 0 aliphatic carbocycles. The van der Waals surface area contributed by atoms with E-state index in [1.807, 2.05) is 24.3 Å². The zero-order valence-corrected chi connectivity index (χ0v) is 12.1. The molecule has 1 aliphatic heterocycles. The van der Waals surface area contributed by atoms with Gasteiger partial charge >= 0.3 is 0 Å². The van der Waals surface area contributed by atoms with Crippen LogP contribution >= 0.6 is 0 Å². The van der Waals surface area contributed by atoms with E-state index in [1.165, 1.54) is 5.69 Å². The normalized spacial score (nSPS) is 16.2. The van der Waals surface area contributed by atoms with E-state index in [0.717, 1.165) is 31.7 Å². The lowest BCUT2D eigenvalue weighted by molar-refractivity contribution is 0.313. The molecule has 2 N–H and O–H groups in total. The zero-order valence-electron chi connectivity index (χ0n) is 12.1. The van der Waals surface area contributed by atoms with E-state index in [1.54, 1.807) is 12.1 Å². The van der Waals surface area contributed by atoms with Crippen molar-refractivity contribution in [2.75, 3.05) is 43.9 Å². The van der Waals surface area contributed by atoms with Gasteiger partial charge in [-0.25, -0.2) is 4.98 Å². The summed E-state index contributed by atoms with van der Waals surface area (Å²) in [6.07, 6.45) is 0. The third-order valence-corrected chi connectivity index (χ3v) is 3.92. The second-order valence-corrected chi connectivity index (χ2v) is 5.41. The molecule has 1 saturated heterocycles. The molecule has 0 unspecified atom stereocenters. The molecule has 0 saturated carbocycles. The topological polar surface area (TPSA) is 45.4 Å². The minimum Gasteiger partial charge on any atom is -0.384 e. The van der Waals surface area contributed by atoms with Crippen LogP contribution in [0.1, 0.15) is 0 Å². The van der Waals surface area contributed by atoms with Crippen LogP contribution in [0.4, 0.5) is 15.9 Å². The molecule has 0 amide bonds. The number of hydrogen-bond acceptors (Lipinski definition) is 4. The predicted octanol–water partition coefficient (Wildman–Crippen LogP) is 2.22. The van der Waals surface area contributed by atoms with Gasteiger partial charge in [0, 0.05) is 37.4 Å². The summed E-state index contributed by atoms with van der Waals surface area (Å²) in [5, 5.41) is 0. The molecule has 4 nitrogen and oxygen atoms in total. The highest BCUT2D eigenvalue weighted by Gasteiger charge is 2.14. The van der Waals surface area contributed by atoms with Crippen molar-refractivity contribution < 1.29 is 4.39 Å². The summed E-state index contributed by atoms with van der Waals surface area (Å²) in [7, 11) is 2.14. The van der Waals surface area contributed by atoms with Crippen molar-refractivity contribution in [3.05, 3.63) is 42.3 Å². The van der Waals surface area contributed by atoms with Gasteiger partial charge in [-0.2, -0.15) is 4.39 Å². The summed E-state index contributed by atoms with van der Waals surface area (Å²) in [6.45, 7) is 4.18. The molecular formula is C16H19FN4. The van der Waals surface area contributed by atoms with Crippen molar-refractivity contribution in [1.29, 1.82) is 0 Å². The third kappa shape index (κ3) is 2.97. The Morgan fingerprint density at radius 1 is 1.00 bits per heavy atom. The highest BCUT2D eigenvalue weighted by atomic mass is 19.1. The maximum absolute atomic E-state index is 13.8. The first-order valence-electron chi connectivity index (χ1n) is 7.09. The van der Waals surface area contributed by atoms with Crippen LogP contribution in [0.3, 0.4) is 0 Å². The minimum atomic E-state index is -0.526. The van der Waals surface area contributed by atoms with Crippen LogP contribution in [-0.4, -0.2) is 43.1 Å². The number of aromatic nitrogens is 1. The number of nitrogen functional groups attached to an aromatic ring is 1. The van der Waals surface area contributed by atoms with Crippen molar-refractivity contribution in [2.45, 2.75) is 0 Å². The molecule has 0 spiro atoms. The maximum atomic E-state index is 13.8. The molecule has 21 heavy (non-hydrogen) atoms. The quantitative estimate of drug-likeness (QED) is 0.860. The molecule has 3 rings (SSSR count). The fourth-order valence-electron chi connectivity index (χ4n) is 2.58. The second-order valence-electron chi connectivity index (χ2n) is 5.41. The van der Waals surface area contributed by atoms with Crippen molar-refractivity contribution >= 4 is 11.5 Å². The number of rotatable bonds is 2. The average molecular weight is 286 g/mol. The molecule has 1 fully saturated rings. The van der Waals surface area contributed by atoms with Gasteiger partial charge in [0.15, 0.2) is 0 Å². The Morgan fingerprint density at radius 2 is 1.67 bits per heavy atom. The molecule has 1 aliphatic rings. The number of halogens is 1. The molecule has 0 radical (unpaired) electrons. The van der Waals surface area contributed by atoms with Gasteiger partial charge in [0.1, 0.15) is 5.82 Å². The number of nitrogens with zero attached hydrogens (tertiary/aromatic N) is 3. The van der Waals surface area contributed by atoms with Crippen LogP contribution in [0, 0.1) is 5.95 Å². The molecule has 110 valence electrons. The number of piperazine rings is 1. The minimum absolute atomic E-state index is 0.199. The van der Waals surface area contributed by atoms with Crippen LogP contribution in [0.15, 0.2) is 36.4 Å². The van der Waals surface area contributed by atoms with E-state index in [4.69, 9.17) is 5.73 Å². The van der Waals surface area contributed by atoms with E-state index in [2.05, 4.69) is 21.8 Å². The Labute approximate surface area is 124 Å². The largest absolute Gasteiger partial charge is 0.384 e. The highest BCUT2D eigenvalue weighted by molar-refractivity contribution is 5.67. The molecular weight excluding hydrogens is 267 g/mol. The van der Waals surface area contributed by atoms with E-state index < -0.39 is 5.95 Å². The molecule has 2 heterocycles. The smallest absolute Gasteiger partial charge is 0.222 e. The Hall–Kier alpha value is -2.14. The highest BCUT2D eigenvalue weighted by Crippen LogP contribution is 2.25. The van der Waals surface area contributed by atoms with Gasteiger partial charge in [-0.3, -0.25) is 0 Å². The predicted molar refractivity (Wildman–Crippen MR) is 83.8 cm³/mol. The molecule has 1 aromatic carbocycles. The SMILES string of the molecule is CN1CCN(c2ccc(-c3ccc(N)nc3F)cc2)CC1. The van der Waals surface area contributed by atoms with Gasteiger partial charge in [0.2, 0.25) is 5.95 Å². The molecule has 1 aromatic heterocycles. The monoisotopic (exact) mass is 286 g/mol. The van der Waals surface area contributed by atoms with Gasteiger partial charge < -0.3 is 15.5 Å². The lowest BCUT2D eigenvalue weighted by atomic mass is 10.1. The summed E-state index contributed by atoms with van der Waals surface area (Å²) >= 11 is 0. The van der Waals surface area contributed by atoms with Crippen molar-refractivity contribution in [3.8, 4) is 11.1 Å². The Morgan fingerprint density at radius 3 is 2.29 bits per heavy atom. The number of likely N-dealkylation sites (N-methyl/N-ethyl adjacent to an activating group) is 1. The summed E-state index contributed by atoms with van der Waals surface area (Å²) in [4.78, 5) is 8.33. The van der Waals surface area contributed by atoms with E-state index in [0.29, 0.717) is 5.56 Å². The first-order chi connectivity index (χ1) is 10.1. The van der Waals surface area contributed by atoms with Crippen molar-refractivity contribution in [3.63, 3.8) is 0 Å². The van der Waals surface area contributed by atoms with Gasteiger partial charge in [-0.05, 0) is 36.9 Å². The lowest BCUT2D eigenvalue weighted by Crippen LogP contribution is -2.44. The molecule has 0 atom stereocenters. The van der Waals surface area contributed by atoms with Gasteiger partial charge in [-0.15, -0.1) is 0 Å². The molecule has 5 heteroatoms. The standard InChI is InChI=1S/C16H19FN4/c1-20-8-10-21(11-9-20)13-4-2-12(3-5-13)14-6-7-15(18)19-16(14)17/h2-7H,8-11H2,1H3,(H2,18,19). The molecule has 0 bridgehead atoms. The Kier molecular flexibility index (Phi) is 3.75. The average Bonchev–Trinajstić information content (AvgIpc) is 2.48. The first kappa shape index (κ1) is 13.8. The van der Waals surface area contributed by atoms with Gasteiger partial charge in [-0.1, -0.05) is 12.1 Å². The fraction of sp³-hybridized carbons (Fsp3) is 0.312. The van der Waals surface area contributed by atoms with E-state index >= 15 is 0 Å². The van der Waals surface area contributed by atoms with Gasteiger partial charge in [0.05, 0.1) is 0 Å². The first-order valence-corrected chi connectivity index (χ1v) is 7.09. The number of nitrogens with two attached hydrogens (primary N) is 1. The van der Waals surface area contributed by atoms with E-state index in [9.17, 15) is 4.39 Å². The van der Waals surface area contributed by atoms with Crippen LogP contribution in [0.25, 0.3) is 11.1 Å². The summed E-state index contributed by atoms with van der Waals surface area (Å²) in [5.41, 5.74) is 7.95. The summed E-state index contributed by atoms with van der Waals surface area (Å²) in [5.74, 6) is -0.326. The number of pyridine rings is 1. The van der Waals surface area contributed by atoms with Crippen molar-refractivity contribution in [1.82, 2.24) is 9.88 Å². The van der Waals surface area contributed by atoms with Crippen LogP contribution in [-0.2, 0) is 0 Å². The number of anilines is 2. The summed E-state index contributed by atoms with van der Waals surface area (Å²) in [6, 6.07) is 11.2. The van der Waals surface area contributed by atoms with Crippen molar-refractivity contribution in [2.24, 2.45) is 0 Å². The van der Waals surface area contributed by atoms with Crippen LogP contribution in [0.2, 0.25) is 0 Å². The number of benzene rings is 1. The third-order valence-electron chi connectivity index (χ3n) is 3.92. The lowest BCUT2D eigenvalue weighted by Gasteiger charge is -2.34. The van der Waals surface area contributed by atoms with Crippen LogP contribution < -0.4 is 10.6 Å². The number of hydrogen-bond donors (Lipinski definition) is 1. The van der Waals surface area contributed by atoms with Gasteiger partial charge in [0.25, 0.3) is 0 Å². The Bertz CT molecular complexity index is 619. The Balaban J connectivity index is 1.80. The molecule has 2 aromatic rings.